The first kappa shape index (κ1) is 25.1. The molecule has 3 N–H and O–H groups in total. The summed E-state index contributed by atoms with van der Waals surface area (Å²) in [6.07, 6.45) is 0. The maximum Gasteiger partial charge on any atom is 0.262 e. The van der Waals surface area contributed by atoms with Crippen LogP contribution in [-0.4, -0.2) is 51.6 Å². The van der Waals surface area contributed by atoms with Crippen LogP contribution in [0.25, 0.3) is 0 Å². The van der Waals surface area contributed by atoms with Gasteiger partial charge in [0, 0.05) is 24.2 Å². The van der Waals surface area contributed by atoms with Crippen molar-refractivity contribution >= 4 is 23.4 Å². The summed E-state index contributed by atoms with van der Waals surface area (Å²) >= 11 is 0. The van der Waals surface area contributed by atoms with Crippen molar-refractivity contribution in [1.82, 2.24) is 10.6 Å². The van der Waals surface area contributed by atoms with Gasteiger partial charge in [-0.15, -0.1) is 0 Å². The molecule has 0 aliphatic carbocycles. The van der Waals surface area contributed by atoms with E-state index in [9.17, 15) is 14.4 Å². The van der Waals surface area contributed by atoms with Crippen LogP contribution in [0.4, 0.5) is 5.69 Å². The third-order valence-corrected chi connectivity index (χ3v) is 4.90. The number of hydrogen-bond acceptors (Lipinski definition) is 6. The lowest BCUT2D eigenvalue weighted by Gasteiger charge is -2.13. The Balaban J connectivity index is 1.49. The molecule has 3 aromatic rings. The molecule has 3 rings (SSSR count). The number of para-hydroxylation sites is 2. The fraction of sp³-hybridized carbons (Fsp3) is 0.192. The van der Waals surface area contributed by atoms with E-state index in [0.29, 0.717) is 34.1 Å². The number of carbonyl (C=O) groups is 3. The summed E-state index contributed by atoms with van der Waals surface area (Å²) in [5.41, 5.74) is 1.43. The van der Waals surface area contributed by atoms with Gasteiger partial charge in [-0.05, 0) is 42.5 Å². The van der Waals surface area contributed by atoms with Gasteiger partial charge >= 0.3 is 0 Å². The van der Waals surface area contributed by atoms with Crippen LogP contribution < -0.4 is 30.2 Å². The molecule has 0 saturated carbocycles. The molecule has 0 saturated heterocycles. The first-order chi connectivity index (χ1) is 17.0. The first-order valence-electron chi connectivity index (χ1n) is 10.9. The molecule has 0 radical (unpaired) electrons. The van der Waals surface area contributed by atoms with Crippen LogP contribution in [0.5, 0.6) is 17.2 Å². The van der Waals surface area contributed by atoms with Crippen LogP contribution in [0.15, 0.2) is 72.8 Å². The van der Waals surface area contributed by atoms with Crippen LogP contribution in [0, 0.1) is 0 Å². The lowest BCUT2D eigenvalue weighted by Crippen LogP contribution is -2.34. The van der Waals surface area contributed by atoms with E-state index >= 15 is 0 Å². The van der Waals surface area contributed by atoms with Crippen LogP contribution in [0.1, 0.15) is 20.7 Å². The second-order valence-corrected chi connectivity index (χ2v) is 7.28. The third-order valence-electron chi connectivity index (χ3n) is 4.90. The molecule has 0 fully saturated rings. The summed E-state index contributed by atoms with van der Waals surface area (Å²) in [4.78, 5) is 36.8. The molecule has 9 heteroatoms. The van der Waals surface area contributed by atoms with Crippen molar-refractivity contribution in [3.05, 3.63) is 83.9 Å². The molecule has 0 spiro atoms. The molecule has 182 valence electrons. The third kappa shape index (κ3) is 7.23. The summed E-state index contributed by atoms with van der Waals surface area (Å²) in [6.45, 7) is 0.265. The normalized spacial score (nSPS) is 10.1. The van der Waals surface area contributed by atoms with Crippen molar-refractivity contribution in [3.8, 4) is 17.2 Å². The fourth-order valence-corrected chi connectivity index (χ4v) is 3.15. The summed E-state index contributed by atoms with van der Waals surface area (Å²) in [6, 6.07) is 20.5. The molecule has 3 amide bonds. The van der Waals surface area contributed by atoms with E-state index in [1.54, 1.807) is 60.7 Å². The van der Waals surface area contributed by atoms with Crippen LogP contribution >= 0.6 is 0 Å². The van der Waals surface area contributed by atoms with Gasteiger partial charge in [0.1, 0.15) is 5.75 Å². The van der Waals surface area contributed by atoms with Crippen molar-refractivity contribution in [2.45, 2.75) is 0 Å². The second kappa shape index (κ2) is 12.6. The van der Waals surface area contributed by atoms with Crippen molar-refractivity contribution in [2.75, 3.05) is 39.2 Å². The molecule has 0 bridgehead atoms. The Morgan fingerprint density at radius 3 is 2.00 bits per heavy atom. The summed E-state index contributed by atoms with van der Waals surface area (Å²) in [5, 5.41) is 8.21. The quantitative estimate of drug-likeness (QED) is 0.366. The van der Waals surface area contributed by atoms with Gasteiger partial charge in [-0.25, -0.2) is 0 Å². The minimum atomic E-state index is -0.379. The van der Waals surface area contributed by atoms with Gasteiger partial charge in [-0.2, -0.15) is 0 Å². The average Bonchev–Trinajstić information content (AvgIpc) is 2.90. The van der Waals surface area contributed by atoms with Crippen molar-refractivity contribution in [2.24, 2.45) is 0 Å². The molecule has 9 nitrogen and oxygen atoms in total. The Kier molecular flexibility index (Phi) is 9.07. The largest absolute Gasteiger partial charge is 0.495 e. The summed E-state index contributed by atoms with van der Waals surface area (Å²) < 4.78 is 16.1. The van der Waals surface area contributed by atoms with Gasteiger partial charge in [-0.3, -0.25) is 14.4 Å². The van der Waals surface area contributed by atoms with Crippen LogP contribution in [-0.2, 0) is 4.79 Å². The molecule has 0 atom stereocenters. The first-order valence-corrected chi connectivity index (χ1v) is 10.9. The molecule has 0 heterocycles. The van der Waals surface area contributed by atoms with Crippen LogP contribution in [0.3, 0.4) is 0 Å². The Bertz CT molecular complexity index is 1170. The molecule has 0 aliphatic rings. The number of carbonyl (C=O) groups excluding carboxylic acids is 3. The van der Waals surface area contributed by atoms with E-state index in [0.717, 1.165) is 0 Å². The van der Waals surface area contributed by atoms with Crippen molar-refractivity contribution in [1.29, 1.82) is 0 Å². The summed E-state index contributed by atoms with van der Waals surface area (Å²) in [5.74, 6) is 0.231. The van der Waals surface area contributed by atoms with Gasteiger partial charge in [-0.1, -0.05) is 30.3 Å². The number of benzene rings is 3. The van der Waals surface area contributed by atoms with Gasteiger partial charge in [0.25, 0.3) is 17.7 Å². The number of anilines is 1. The highest BCUT2D eigenvalue weighted by Gasteiger charge is 2.13. The van der Waals surface area contributed by atoms with Gasteiger partial charge in [0.05, 0.1) is 19.9 Å². The zero-order valence-corrected chi connectivity index (χ0v) is 19.5. The summed E-state index contributed by atoms with van der Waals surface area (Å²) in [7, 11) is 2.96. The van der Waals surface area contributed by atoms with Crippen LogP contribution in [0.2, 0.25) is 0 Å². The zero-order chi connectivity index (χ0) is 25.0. The van der Waals surface area contributed by atoms with E-state index < -0.39 is 0 Å². The Hall–Kier alpha value is -4.53. The fourth-order valence-electron chi connectivity index (χ4n) is 3.15. The topological polar surface area (TPSA) is 115 Å². The maximum absolute atomic E-state index is 12.5. The molecule has 0 aromatic heterocycles. The predicted molar refractivity (Wildman–Crippen MR) is 131 cm³/mol. The minimum Gasteiger partial charge on any atom is -0.495 e. The molecule has 0 aliphatic heterocycles. The highest BCUT2D eigenvalue weighted by atomic mass is 16.5. The molecular formula is C26H27N3O6. The number of amides is 3. The lowest BCUT2D eigenvalue weighted by molar-refractivity contribution is -0.118. The standard InChI is InChI=1S/C26H27N3O6/c1-33-21-11-7-6-10-20(21)29-24(30)17-35-22-13-12-19(16-23(22)34-2)26(32)28-15-14-27-25(31)18-8-4-3-5-9-18/h3-13,16H,14-15,17H2,1-2H3,(H,27,31)(H,28,32)(H,29,30). The van der Waals surface area contributed by atoms with E-state index in [4.69, 9.17) is 14.2 Å². The van der Waals surface area contributed by atoms with E-state index in [1.807, 2.05) is 6.07 Å². The maximum atomic E-state index is 12.5. The Morgan fingerprint density at radius 1 is 0.686 bits per heavy atom. The molecule has 0 unspecified atom stereocenters. The predicted octanol–water partition coefficient (Wildman–Crippen LogP) is 2.88. The highest BCUT2D eigenvalue weighted by Crippen LogP contribution is 2.28. The second-order valence-electron chi connectivity index (χ2n) is 7.28. The van der Waals surface area contributed by atoms with Crippen molar-refractivity contribution in [3.63, 3.8) is 0 Å². The number of hydrogen-bond donors (Lipinski definition) is 3. The van der Waals surface area contributed by atoms with Crippen molar-refractivity contribution < 1.29 is 28.6 Å². The number of methoxy groups -OCH3 is 2. The number of rotatable bonds is 11. The Labute approximate surface area is 203 Å². The molecule has 35 heavy (non-hydrogen) atoms. The minimum absolute atomic E-state index is 0.210. The monoisotopic (exact) mass is 477 g/mol. The van der Waals surface area contributed by atoms with Gasteiger partial charge in [0.2, 0.25) is 0 Å². The number of ether oxygens (including phenoxy) is 3. The van der Waals surface area contributed by atoms with E-state index in [2.05, 4.69) is 16.0 Å². The van der Waals surface area contributed by atoms with E-state index in [1.165, 1.54) is 20.3 Å². The average molecular weight is 478 g/mol. The lowest BCUT2D eigenvalue weighted by atomic mass is 10.2. The highest BCUT2D eigenvalue weighted by molar-refractivity contribution is 5.96. The van der Waals surface area contributed by atoms with Gasteiger partial charge < -0.3 is 30.2 Å². The Morgan fingerprint density at radius 2 is 1.31 bits per heavy atom. The molecular weight excluding hydrogens is 450 g/mol. The van der Waals surface area contributed by atoms with E-state index in [-0.39, 0.29) is 37.4 Å². The molecule has 3 aromatic carbocycles. The van der Waals surface area contributed by atoms with Gasteiger partial charge in [0.15, 0.2) is 18.1 Å². The zero-order valence-electron chi connectivity index (χ0n) is 19.5. The smallest absolute Gasteiger partial charge is 0.262 e. The SMILES string of the molecule is COc1ccccc1NC(=O)COc1ccc(C(=O)NCCNC(=O)c2ccccc2)cc1OC. The number of nitrogens with one attached hydrogen (secondary N) is 3.